The van der Waals surface area contributed by atoms with Crippen LogP contribution in [0, 0.1) is 0 Å². The van der Waals surface area contributed by atoms with Gasteiger partial charge in [0, 0.05) is 19.5 Å². The maximum atomic E-state index is 12.0. The van der Waals surface area contributed by atoms with Gasteiger partial charge in [-0.05, 0) is 18.9 Å². The molecule has 1 amide bonds. The Balaban J connectivity index is 2.45. The summed E-state index contributed by atoms with van der Waals surface area (Å²) in [6.07, 6.45) is 4.02. The zero-order chi connectivity index (χ0) is 12.5. The Kier molecular flexibility index (Phi) is 6.38. The van der Waals surface area contributed by atoms with Gasteiger partial charge in [0.2, 0.25) is 5.91 Å². The molecule has 0 spiro atoms. The van der Waals surface area contributed by atoms with Crippen molar-refractivity contribution >= 4 is 5.91 Å². The second-order valence-corrected chi connectivity index (χ2v) is 4.35. The molecule has 0 aliphatic heterocycles. The fraction of sp³-hybridized carbons (Fsp3) is 0.533. The van der Waals surface area contributed by atoms with Crippen molar-refractivity contribution in [2.24, 2.45) is 0 Å². The molecule has 2 heteroatoms. The summed E-state index contributed by atoms with van der Waals surface area (Å²) in [7, 11) is 0. The van der Waals surface area contributed by atoms with Gasteiger partial charge in [-0.15, -0.1) is 0 Å². The summed E-state index contributed by atoms with van der Waals surface area (Å²) in [5, 5.41) is 0. The predicted octanol–water partition coefficient (Wildman–Crippen LogP) is 3.62. The Bertz CT molecular complexity index is 321. The van der Waals surface area contributed by atoms with Gasteiger partial charge < -0.3 is 4.90 Å². The highest BCUT2D eigenvalue weighted by atomic mass is 16.2. The van der Waals surface area contributed by atoms with Gasteiger partial charge >= 0.3 is 0 Å². The second kappa shape index (κ2) is 7.88. The van der Waals surface area contributed by atoms with E-state index in [1.807, 2.05) is 30.0 Å². The minimum absolute atomic E-state index is 0.282. The first-order chi connectivity index (χ1) is 8.27. The molecule has 0 unspecified atom stereocenters. The second-order valence-electron chi connectivity index (χ2n) is 4.35. The molecular formula is C15H23NO. The molecule has 0 aliphatic carbocycles. The van der Waals surface area contributed by atoms with E-state index >= 15 is 0 Å². The van der Waals surface area contributed by atoms with Crippen LogP contribution in [-0.2, 0) is 11.3 Å². The van der Waals surface area contributed by atoms with Crippen LogP contribution in [0.4, 0.5) is 0 Å². The molecule has 0 N–H and O–H groups in total. The molecule has 2 nitrogen and oxygen atoms in total. The summed E-state index contributed by atoms with van der Waals surface area (Å²) in [6, 6.07) is 10.2. The molecule has 0 saturated carbocycles. The molecule has 0 aliphatic rings. The minimum atomic E-state index is 0.282. The maximum Gasteiger partial charge on any atom is 0.222 e. The zero-order valence-electron chi connectivity index (χ0n) is 11.0. The molecular weight excluding hydrogens is 210 g/mol. The summed E-state index contributed by atoms with van der Waals surface area (Å²) in [5.41, 5.74) is 1.21. The van der Waals surface area contributed by atoms with Crippen molar-refractivity contribution in [2.75, 3.05) is 6.54 Å². The molecule has 1 aromatic rings. The molecule has 0 fully saturated rings. The number of unbranched alkanes of at least 4 members (excludes halogenated alkanes) is 2. The largest absolute Gasteiger partial charge is 0.339 e. The van der Waals surface area contributed by atoms with Gasteiger partial charge in [0.1, 0.15) is 0 Å². The molecule has 0 saturated heterocycles. The molecule has 1 aromatic carbocycles. The first kappa shape index (κ1) is 13.8. The van der Waals surface area contributed by atoms with Crippen LogP contribution in [0.2, 0.25) is 0 Å². The van der Waals surface area contributed by atoms with Crippen molar-refractivity contribution in [3.63, 3.8) is 0 Å². The standard InChI is InChI=1S/C15H23NO/c1-3-5-7-12-15(17)16(4-2)13-14-10-8-6-9-11-14/h6,8-11H,3-5,7,12-13H2,1-2H3. The molecule has 17 heavy (non-hydrogen) atoms. The van der Waals surface area contributed by atoms with E-state index in [9.17, 15) is 4.79 Å². The monoisotopic (exact) mass is 233 g/mol. The highest BCUT2D eigenvalue weighted by Gasteiger charge is 2.11. The van der Waals surface area contributed by atoms with Crippen molar-refractivity contribution in [3.05, 3.63) is 35.9 Å². The normalized spacial score (nSPS) is 10.2. The fourth-order valence-corrected chi connectivity index (χ4v) is 1.86. The number of carbonyl (C=O) groups excluding carboxylic acids is 1. The highest BCUT2D eigenvalue weighted by Crippen LogP contribution is 2.08. The highest BCUT2D eigenvalue weighted by molar-refractivity contribution is 5.76. The van der Waals surface area contributed by atoms with Crippen LogP contribution in [0.15, 0.2) is 30.3 Å². The summed E-state index contributed by atoms with van der Waals surface area (Å²) in [5.74, 6) is 0.282. The first-order valence-electron chi connectivity index (χ1n) is 6.59. The quantitative estimate of drug-likeness (QED) is 0.659. The fourth-order valence-electron chi connectivity index (χ4n) is 1.86. The first-order valence-corrected chi connectivity index (χ1v) is 6.59. The lowest BCUT2D eigenvalue weighted by atomic mass is 10.1. The SMILES string of the molecule is CCCCCC(=O)N(CC)Cc1ccccc1. The van der Waals surface area contributed by atoms with Crippen LogP contribution in [0.3, 0.4) is 0 Å². The number of nitrogens with zero attached hydrogens (tertiary/aromatic N) is 1. The molecule has 0 bridgehead atoms. The van der Waals surface area contributed by atoms with Crippen molar-refractivity contribution in [1.82, 2.24) is 4.90 Å². The van der Waals surface area contributed by atoms with Crippen LogP contribution >= 0.6 is 0 Å². The molecule has 94 valence electrons. The molecule has 0 aromatic heterocycles. The third-order valence-electron chi connectivity index (χ3n) is 2.94. The number of carbonyl (C=O) groups is 1. The Labute approximate surface area is 105 Å². The maximum absolute atomic E-state index is 12.0. The van der Waals surface area contributed by atoms with Crippen LogP contribution in [0.5, 0.6) is 0 Å². The third kappa shape index (κ3) is 5.03. The predicted molar refractivity (Wildman–Crippen MR) is 71.7 cm³/mol. The van der Waals surface area contributed by atoms with E-state index in [0.717, 1.165) is 32.4 Å². The van der Waals surface area contributed by atoms with E-state index in [2.05, 4.69) is 19.1 Å². The summed E-state index contributed by atoms with van der Waals surface area (Å²) in [6.45, 7) is 5.73. The van der Waals surface area contributed by atoms with Crippen LogP contribution < -0.4 is 0 Å². The molecule has 0 radical (unpaired) electrons. The zero-order valence-corrected chi connectivity index (χ0v) is 11.0. The van der Waals surface area contributed by atoms with E-state index in [4.69, 9.17) is 0 Å². The van der Waals surface area contributed by atoms with Crippen LogP contribution in [0.1, 0.15) is 45.1 Å². The topological polar surface area (TPSA) is 20.3 Å². The van der Waals surface area contributed by atoms with Crippen molar-refractivity contribution < 1.29 is 4.79 Å². The van der Waals surface area contributed by atoms with Gasteiger partial charge in [0.05, 0.1) is 0 Å². The van der Waals surface area contributed by atoms with Gasteiger partial charge in [-0.2, -0.15) is 0 Å². The average molecular weight is 233 g/mol. The molecule has 1 rings (SSSR count). The third-order valence-corrected chi connectivity index (χ3v) is 2.94. The minimum Gasteiger partial charge on any atom is -0.339 e. The Morgan fingerprint density at radius 2 is 1.82 bits per heavy atom. The summed E-state index contributed by atoms with van der Waals surface area (Å²) in [4.78, 5) is 13.9. The molecule has 0 atom stereocenters. The Morgan fingerprint density at radius 1 is 1.12 bits per heavy atom. The van der Waals surface area contributed by atoms with E-state index < -0.39 is 0 Å². The average Bonchev–Trinajstić information content (AvgIpc) is 2.37. The lowest BCUT2D eigenvalue weighted by Gasteiger charge is -2.21. The van der Waals surface area contributed by atoms with Gasteiger partial charge in [-0.25, -0.2) is 0 Å². The van der Waals surface area contributed by atoms with Crippen LogP contribution in [-0.4, -0.2) is 17.4 Å². The van der Waals surface area contributed by atoms with Crippen LogP contribution in [0.25, 0.3) is 0 Å². The number of hydrogen-bond acceptors (Lipinski definition) is 1. The van der Waals surface area contributed by atoms with Crippen molar-refractivity contribution in [3.8, 4) is 0 Å². The summed E-state index contributed by atoms with van der Waals surface area (Å²) < 4.78 is 0. The van der Waals surface area contributed by atoms with Crippen molar-refractivity contribution in [2.45, 2.75) is 46.1 Å². The van der Waals surface area contributed by atoms with E-state index in [-0.39, 0.29) is 5.91 Å². The lowest BCUT2D eigenvalue weighted by molar-refractivity contribution is -0.131. The van der Waals surface area contributed by atoms with Gasteiger partial charge in [-0.3, -0.25) is 4.79 Å². The Morgan fingerprint density at radius 3 is 2.41 bits per heavy atom. The molecule has 0 heterocycles. The van der Waals surface area contributed by atoms with E-state index in [1.54, 1.807) is 0 Å². The van der Waals surface area contributed by atoms with E-state index in [1.165, 1.54) is 5.56 Å². The van der Waals surface area contributed by atoms with E-state index in [0.29, 0.717) is 6.42 Å². The Hall–Kier alpha value is -1.31. The number of amides is 1. The number of rotatable bonds is 7. The number of hydrogen-bond donors (Lipinski definition) is 0. The van der Waals surface area contributed by atoms with Gasteiger partial charge in [-0.1, -0.05) is 50.1 Å². The van der Waals surface area contributed by atoms with Gasteiger partial charge in [0.15, 0.2) is 0 Å². The van der Waals surface area contributed by atoms with Gasteiger partial charge in [0.25, 0.3) is 0 Å². The number of benzene rings is 1. The summed E-state index contributed by atoms with van der Waals surface area (Å²) >= 11 is 0. The van der Waals surface area contributed by atoms with Crippen molar-refractivity contribution in [1.29, 1.82) is 0 Å². The smallest absolute Gasteiger partial charge is 0.222 e. The lowest BCUT2D eigenvalue weighted by Crippen LogP contribution is -2.30.